The second-order valence-corrected chi connectivity index (χ2v) is 8.56. The number of hydrogen-bond donors (Lipinski definition) is 0. The van der Waals surface area contributed by atoms with E-state index < -0.39 is 5.41 Å². The molecule has 29 heavy (non-hydrogen) atoms. The predicted molar refractivity (Wildman–Crippen MR) is 119 cm³/mol. The van der Waals surface area contributed by atoms with Crippen molar-refractivity contribution < 1.29 is 4.74 Å². The first-order valence-corrected chi connectivity index (χ1v) is 10.0. The van der Waals surface area contributed by atoms with Crippen LogP contribution in [0.3, 0.4) is 0 Å². The van der Waals surface area contributed by atoms with Crippen molar-refractivity contribution in [2.45, 2.75) is 40.0 Å². The maximum Gasteiger partial charge on any atom is 0.266 e. The molecule has 0 bridgehead atoms. The molecule has 0 N–H and O–H groups in total. The number of hydrogen-bond acceptors (Lipinski definition) is 3. The SMILES string of the molecule is CC1=CC(C)(C)c2c(n(-c3cccc(C)c3)c(=S)n(-c3cccc(C)c3)c2=O)O1. The molecule has 4 rings (SSSR count). The Morgan fingerprint density at radius 1 is 0.897 bits per heavy atom. The van der Waals surface area contributed by atoms with Crippen molar-refractivity contribution in [1.29, 1.82) is 0 Å². The molecule has 2 heterocycles. The maximum atomic E-state index is 13.7. The third-order valence-electron chi connectivity index (χ3n) is 5.20. The van der Waals surface area contributed by atoms with Crippen molar-refractivity contribution in [3.05, 3.63) is 92.2 Å². The van der Waals surface area contributed by atoms with E-state index in [9.17, 15) is 4.79 Å². The Morgan fingerprint density at radius 2 is 1.45 bits per heavy atom. The number of nitrogens with zero attached hydrogens (tertiary/aromatic N) is 2. The van der Waals surface area contributed by atoms with Crippen LogP contribution in [0.4, 0.5) is 0 Å². The molecule has 0 amide bonds. The summed E-state index contributed by atoms with van der Waals surface area (Å²) >= 11 is 5.86. The Hall–Kier alpha value is -2.92. The molecule has 0 radical (unpaired) electrons. The first-order chi connectivity index (χ1) is 13.7. The van der Waals surface area contributed by atoms with E-state index in [4.69, 9.17) is 17.0 Å². The van der Waals surface area contributed by atoms with Crippen LogP contribution in [0.2, 0.25) is 0 Å². The fourth-order valence-corrected chi connectivity index (χ4v) is 4.37. The van der Waals surface area contributed by atoms with Crippen LogP contribution in [0.5, 0.6) is 5.88 Å². The van der Waals surface area contributed by atoms with Gasteiger partial charge in [-0.05, 0) is 74.5 Å². The molecule has 1 aliphatic heterocycles. The van der Waals surface area contributed by atoms with Crippen molar-refractivity contribution >= 4 is 12.2 Å². The van der Waals surface area contributed by atoms with E-state index in [-0.39, 0.29) is 5.56 Å². The highest BCUT2D eigenvalue weighted by Crippen LogP contribution is 2.38. The first kappa shape index (κ1) is 19.4. The summed E-state index contributed by atoms with van der Waals surface area (Å²) in [4.78, 5) is 13.7. The highest BCUT2D eigenvalue weighted by Gasteiger charge is 2.35. The van der Waals surface area contributed by atoms with Gasteiger partial charge in [-0.15, -0.1) is 0 Å². The summed E-state index contributed by atoms with van der Waals surface area (Å²) in [6, 6.07) is 15.9. The van der Waals surface area contributed by atoms with Crippen LogP contribution < -0.4 is 10.3 Å². The van der Waals surface area contributed by atoms with Gasteiger partial charge in [0, 0.05) is 5.41 Å². The smallest absolute Gasteiger partial charge is 0.266 e. The lowest BCUT2D eigenvalue weighted by molar-refractivity contribution is 0.351. The summed E-state index contributed by atoms with van der Waals surface area (Å²) in [5.41, 5.74) is 3.76. The predicted octanol–water partition coefficient (Wildman–Crippen LogP) is 5.55. The Balaban J connectivity index is 2.18. The van der Waals surface area contributed by atoms with E-state index in [0.717, 1.165) is 28.3 Å². The molecule has 0 saturated carbocycles. The highest BCUT2D eigenvalue weighted by atomic mass is 32.1. The van der Waals surface area contributed by atoms with E-state index in [1.54, 1.807) is 4.57 Å². The molecular weight excluding hydrogens is 380 g/mol. The van der Waals surface area contributed by atoms with Gasteiger partial charge in [-0.2, -0.15) is 0 Å². The second-order valence-electron chi connectivity index (χ2n) is 8.20. The molecule has 1 aromatic heterocycles. The zero-order valence-corrected chi connectivity index (χ0v) is 18.1. The number of ether oxygens (including phenoxy) is 1. The molecule has 3 aromatic rings. The fraction of sp³-hybridized carbons (Fsp3) is 0.250. The highest BCUT2D eigenvalue weighted by molar-refractivity contribution is 7.71. The van der Waals surface area contributed by atoms with E-state index in [1.807, 2.05) is 93.8 Å². The largest absolute Gasteiger partial charge is 0.445 e. The normalized spacial score (nSPS) is 14.7. The molecule has 148 valence electrons. The minimum Gasteiger partial charge on any atom is -0.445 e. The average molecular weight is 405 g/mol. The number of fused-ring (bicyclic) bond motifs is 1. The Morgan fingerprint density at radius 3 is 2.00 bits per heavy atom. The number of rotatable bonds is 2. The van der Waals surface area contributed by atoms with E-state index in [0.29, 0.717) is 16.2 Å². The van der Waals surface area contributed by atoms with Crippen LogP contribution >= 0.6 is 12.2 Å². The molecular formula is C24H24N2O2S. The monoisotopic (exact) mass is 404 g/mol. The maximum absolute atomic E-state index is 13.7. The van der Waals surface area contributed by atoms with Gasteiger partial charge in [0.25, 0.3) is 5.56 Å². The van der Waals surface area contributed by atoms with E-state index >= 15 is 0 Å². The van der Waals surface area contributed by atoms with Crippen LogP contribution in [-0.2, 0) is 5.41 Å². The zero-order chi connectivity index (χ0) is 20.9. The standard InChI is InChI=1S/C24H24N2O2S/c1-15-8-6-10-18(12-15)25-21(27)20-22(28-17(3)14-24(20,4)5)26(23(25)29)19-11-7-9-16(2)13-19/h6-14H,1-5H3. The molecule has 0 atom stereocenters. The molecule has 4 nitrogen and oxygen atoms in total. The zero-order valence-electron chi connectivity index (χ0n) is 17.3. The summed E-state index contributed by atoms with van der Waals surface area (Å²) in [6.45, 7) is 10.0. The van der Waals surface area contributed by atoms with Gasteiger partial charge in [0.05, 0.1) is 22.7 Å². The third kappa shape index (κ3) is 3.25. The average Bonchev–Trinajstić information content (AvgIpc) is 2.60. The van der Waals surface area contributed by atoms with E-state index in [1.165, 1.54) is 0 Å². The van der Waals surface area contributed by atoms with Crippen LogP contribution in [0, 0.1) is 18.6 Å². The lowest BCUT2D eigenvalue weighted by Crippen LogP contribution is -2.37. The lowest BCUT2D eigenvalue weighted by Gasteiger charge is -2.31. The summed E-state index contributed by atoms with van der Waals surface area (Å²) in [5, 5.41) is 0. The molecule has 0 unspecified atom stereocenters. The molecule has 0 fully saturated rings. The van der Waals surface area contributed by atoms with Gasteiger partial charge in [0.1, 0.15) is 0 Å². The van der Waals surface area contributed by atoms with Crippen LogP contribution in [0.25, 0.3) is 11.4 Å². The topological polar surface area (TPSA) is 36.2 Å². The van der Waals surface area contributed by atoms with Crippen molar-refractivity contribution in [3.63, 3.8) is 0 Å². The summed E-state index contributed by atoms with van der Waals surface area (Å²) in [7, 11) is 0. The number of aromatic nitrogens is 2. The Kier molecular flexibility index (Phi) is 4.58. The fourth-order valence-electron chi connectivity index (χ4n) is 3.99. The number of aryl methyl sites for hydroxylation is 2. The lowest BCUT2D eigenvalue weighted by atomic mass is 9.83. The van der Waals surface area contributed by atoms with Crippen LogP contribution in [0.1, 0.15) is 37.5 Å². The van der Waals surface area contributed by atoms with E-state index in [2.05, 4.69) is 0 Å². The van der Waals surface area contributed by atoms with Crippen molar-refractivity contribution in [1.82, 2.24) is 9.13 Å². The molecule has 2 aromatic carbocycles. The molecule has 0 spiro atoms. The van der Waals surface area contributed by atoms with Crippen molar-refractivity contribution in [3.8, 4) is 17.3 Å². The van der Waals surface area contributed by atoms with Gasteiger partial charge in [-0.1, -0.05) is 38.1 Å². The Bertz CT molecular complexity index is 1280. The molecule has 0 aliphatic carbocycles. The minimum absolute atomic E-state index is 0.145. The molecule has 1 aliphatic rings. The summed E-state index contributed by atoms with van der Waals surface area (Å²) < 4.78 is 9.99. The van der Waals surface area contributed by atoms with Crippen LogP contribution in [-0.4, -0.2) is 9.13 Å². The van der Waals surface area contributed by atoms with Crippen molar-refractivity contribution in [2.75, 3.05) is 0 Å². The van der Waals surface area contributed by atoms with Gasteiger partial charge < -0.3 is 4.74 Å². The van der Waals surface area contributed by atoms with Crippen LogP contribution in [0.15, 0.2) is 65.2 Å². The number of benzene rings is 2. The van der Waals surface area contributed by atoms with Crippen molar-refractivity contribution in [2.24, 2.45) is 0 Å². The second kappa shape index (κ2) is 6.85. The first-order valence-electron chi connectivity index (χ1n) is 9.63. The van der Waals surface area contributed by atoms with Gasteiger partial charge in [-0.3, -0.25) is 13.9 Å². The molecule has 5 heteroatoms. The summed E-state index contributed by atoms with van der Waals surface area (Å²) in [5.74, 6) is 1.26. The molecule has 0 saturated heterocycles. The number of allylic oxidation sites excluding steroid dienone is 2. The van der Waals surface area contributed by atoms with Gasteiger partial charge in [0.15, 0.2) is 4.77 Å². The Labute approximate surface area is 175 Å². The van der Waals surface area contributed by atoms with Gasteiger partial charge in [0.2, 0.25) is 5.88 Å². The minimum atomic E-state index is -0.491. The van der Waals surface area contributed by atoms with Gasteiger partial charge >= 0.3 is 0 Å². The van der Waals surface area contributed by atoms with Gasteiger partial charge in [-0.25, -0.2) is 0 Å². The quantitative estimate of drug-likeness (QED) is 0.526. The third-order valence-corrected chi connectivity index (χ3v) is 5.57. The summed E-state index contributed by atoms with van der Waals surface area (Å²) in [6.07, 6.45) is 1.99.